The average molecular weight is 269 g/mol. The van der Waals surface area contributed by atoms with Crippen LogP contribution in [0.5, 0.6) is 0 Å². The number of thiocyanates is 2. The maximum atomic E-state index is 7.56. The first-order valence-corrected chi connectivity index (χ1v) is 7.74. The number of hydrogen-bond acceptors (Lipinski definition) is 4. The van der Waals surface area contributed by atoms with Crippen molar-refractivity contribution in [3.8, 4) is 10.8 Å². The summed E-state index contributed by atoms with van der Waals surface area (Å²) < 4.78 is 0. The fourth-order valence-electron chi connectivity index (χ4n) is 1.50. The summed E-state index contributed by atoms with van der Waals surface area (Å²) in [6, 6.07) is 0. The normalized spacial score (nSPS) is 9.22. The molecule has 0 saturated carbocycles. The van der Waals surface area contributed by atoms with Crippen molar-refractivity contribution < 1.29 is 0 Å². The lowest BCUT2D eigenvalue weighted by Gasteiger charge is -2.21. The minimum absolute atomic E-state index is 0.574. The summed E-state index contributed by atoms with van der Waals surface area (Å²) in [6.07, 6.45) is 8.09. The van der Waals surface area contributed by atoms with Gasteiger partial charge in [0, 0.05) is 0 Å². The van der Waals surface area contributed by atoms with Gasteiger partial charge in [-0.1, -0.05) is 40.0 Å². The van der Waals surface area contributed by atoms with Crippen LogP contribution in [0.25, 0.3) is 0 Å². The van der Waals surface area contributed by atoms with Crippen molar-refractivity contribution in [2.24, 2.45) is 0 Å². The number of nitrogens with zero attached hydrogens (tertiary/aromatic N) is 3. The molecule has 0 radical (unpaired) electrons. The highest BCUT2D eigenvalue weighted by atomic mass is 32.2. The molecular formula is C14H27N3S. The molecule has 0 rings (SSSR count). The van der Waals surface area contributed by atoms with Crippen molar-refractivity contribution in [3.63, 3.8) is 0 Å². The van der Waals surface area contributed by atoms with Crippen LogP contribution in [-0.2, 0) is 0 Å². The molecule has 0 heterocycles. The number of hydrogen-bond donors (Lipinski definition) is 0. The summed E-state index contributed by atoms with van der Waals surface area (Å²) >= 11 is 0.574. The third kappa shape index (κ3) is 17.7. The summed E-state index contributed by atoms with van der Waals surface area (Å²) in [6.45, 7) is 10.8. The summed E-state index contributed by atoms with van der Waals surface area (Å²) in [4.78, 5) is 2.64. The summed E-state index contributed by atoms with van der Waals surface area (Å²) in [7, 11) is 0. The topological polar surface area (TPSA) is 50.8 Å². The molecule has 0 amide bonds. The predicted octanol–water partition coefficient (Wildman–Crippen LogP) is 4.37. The van der Waals surface area contributed by atoms with Gasteiger partial charge in [0.1, 0.15) is 10.8 Å². The lowest BCUT2D eigenvalue weighted by molar-refractivity contribution is 0.261. The molecule has 0 aromatic rings. The van der Waals surface area contributed by atoms with Crippen LogP contribution < -0.4 is 0 Å². The second-order valence-electron chi connectivity index (χ2n) is 4.19. The monoisotopic (exact) mass is 269 g/mol. The molecule has 0 unspecified atom stereocenters. The van der Waals surface area contributed by atoms with E-state index >= 15 is 0 Å². The molecule has 0 aromatic heterocycles. The first kappa shape index (κ1) is 19.6. The van der Waals surface area contributed by atoms with E-state index in [9.17, 15) is 0 Å². The van der Waals surface area contributed by atoms with E-state index in [1.165, 1.54) is 58.2 Å². The van der Waals surface area contributed by atoms with Crippen LogP contribution in [-0.4, -0.2) is 24.5 Å². The van der Waals surface area contributed by atoms with Gasteiger partial charge in [0.2, 0.25) is 0 Å². The van der Waals surface area contributed by atoms with Crippen LogP contribution in [0, 0.1) is 21.3 Å². The first-order chi connectivity index (χ1) is 8.76. The lowest BCUT2D eigenvalue weighted by Crippen LogP contribution is -2.27. The number of rotatable bonds is 9. The van der Waals surface area contributed by atoms with Crippen molar-refractivity contribution in [1.29, 1.82) is 10.5 Å². The van der Waals surface area contributed by atoms with Crippen molar-refractivity contribution in [1.82, 2.24) is 4.90 Å². The second kappa shape index (κ2) is 18.6. The molecule has 0 N–H and O–H groups in total. The van der Waals surface area contributed by atoms with Gasteiger partial charge in [0.05, 0.1) is 11.8 Å². The van der Waals surface area contributed by atoms with Crippen LogP contribution in [0.1, 0.15) is 59.3 Å². The van der Waals surface area contributed by atoms with Crippen LogP contribution in [0.15, 0.2) is 0 Å². The zero-order valence-electron chi connectivity index (χ0n) is 12.1. The smallest absolute Gasteiger partial charge is 0.149 e. The van der Waals surface area contributed by atoms with Crippen LogP contribution in [0.2, 0.25) is 0 Å². The van der Waals surface area contributed by atoms with E-state index < -0.39 is 0 Å². The molecule has 0 bridgehead atoms. The highest BCUT2D eigenvalue weighted by molar-refractivity contribution is 8.07. The number of thioether (sulfide) groups is 1. The molecule has 18 heavy (non-hydrogen) atoms. The molecule has 0 saturated heterocycles. The molecule has 0 aliphatic heterocycles. The third-order valence-corrected chi connectivity index (χ3v) is 2.76. The lowest BCUT2D eigenvalue weighted by atomic mass is 10.2. The largest absolute Gasteiger partial charge is 0.303 e. The van der Waals surface area contributed by atoms with Gasteiger partial charge >= 0.3 is 0 Å². The number of unbranched alkanes of at least 4 members (excludes halogenated alkanes) is 3. The Labute approximate surface area is 117 Å². The minimum atomic E-state index is 0.574. The van der Waals surface area contributed by atoms with Crippen LogP contribution in [0.3, 0.4) is 0 Å². The first-order valence-electron chi connectivity index (χ1n) is 6.93. The van der Waals surface area contributed by atoms with Crippen molar-refractivity contribution in [2.75, 3.05) is 19.6 Å². The van der Waals surface area contributed by atoms with E-state index in [4.69, 9.17) is 10.5 Å². The molecule has 104 valence electrons. The Morgan fingerprint density at radius 3 is 1.28 bits per heavy atom. The van der Waals surface area contributed by atoms with Gasteiger partial charge in [0.25, 0.3) is 0 Å². The number of nitriles is 2. The van der Waals surface area contributed by atoms with Gasteiger partial charge in [-0.25, -0.2) is 0 Å². The third-order valence-electron chi connectivity index (χ3n) is 2.57. The summed E-state index contributed by atoms with van der Waals surface area (Å²) in [5.41, 5.74) is 0. The van der Waals surface area contributed by atoms with Crippen LogP contribution in [0.4, 0.5) is 0 Å². The van der Waals surface area contributed by atoms with Gasteiger partial charge in [-0.15, -0.1) is 0 Å². The Kier molecular flexibility index (Phi) is 20.3. The van der Waals surface area contributed by atoms with Gasteiger partial charge in [-0.3, -0.25) is 0 Å². The van der Waals surface area contributed by atoms with E-state index in [1.54, 1.807) is 10.8 Å². The SMILES string of the molecule is CCCCN(CCCC)CCCC.N#CSC#N. The molecule has 3 nitrogen and oxygen atoms in total. The van der Waals surface area contributed by atoms with Crippen molar-refractivity contribution >= 4 is 11.8 Å². The highest BCUT2D eigenvalue weighted by Crippen LogP contribution is 2.01. The second-order valence-corrected chi connectivity index (χ2v) is 4.76. The van der Waals surface area contributed by atoms with E-state index in [-0.39, 0.29) is 0 Å². The average Bonchev–Trinajstić information content (AvgIpc) is 2.39. The summed E-state index contributed by atoms with van der Waals surface area (Å²) in [5.74, 6) is 0. The maximum absolute atomic E-state index is 7.56. The molecule has 0 fully saturated rings. The van der Waals surface area contributed by atoms with Crippen LogP contribution >= 0.6 is 11.8 Å². The summed E-state index contributed by atoms with van der Waals surface area (Å²) in [5, 5.41) is 18.3. The molecule has 0 aliphatic rings. The van der Waals surface area contributed by atoms with E-state index in [1.807, 2.05) is 0 Å². The molecule has 4 heteroatoms. The predicted molar refractivity (Wildman–Crippen MR) is 80.0 cm³/mol. The molecular weight excluding hydrogens is 242 g/mol. The van der Waals surface area contributed by atoms with Crippen molar-refractivity contribution in [3.05, 3.63) is 0 Å². The Balaban J connectivity index is 0. The Morgan fingerprint density at radius 2 is 1.11 bits per heavy atom. The minimum Gasteiger partial charge on any atom is -0.303 e. The zero-order valence-corrected chi connectivity index (χ0v) is 12.9. The van der Waals surface area contributed by atoms with E-state index in [0.29, 0.717) is 11.8 Å². The van der Waals surface area contributed by atoms with Gasteiger partial charge in [0.15, 0.2) is 0 Å². The zero-order chi connectivity index (χ0) is 14.1. The fraction of sp³-hybridized carbons (Fsp3) is 0.857. The van der Waals surface area contributed by atoms with Gasteiger partial charge in [-0.05, 0) is 38.9 Å². The Hall–Kier alpha value is -0.710. The van der Waals surface area contributed by atoms with Gasteiger partial charge < -0.3 is 4.90 Å². The standard InChI is InChI=1S/C12H27N.C2N2S/c1-4-7-10-13(11-8-5-2)12-9-6-3;3-1-5-2-4/h4-12H2,1-3H3;. The van der Waals surface area contributed by atoms with E-state index in [2.05, 4.69) is 25.7 Å². The molecule has 0 aromatic carbocycles. The van der Waals surface area contributed by atoms with E-state index in [0.717, 1.165) is 0 Å². The van der Waals surface area contributed by atoms with Crippen molar-refractivity contribution in [2.45, 2.75) is 59.3 Å². The Morgan fingerprint density at radius 1 is 0.778 bits per heavy atom. The van der Waals surface area contributed by atoms with Gasteiger partial charge in [-0.2, -0.15) is 10.5 Å². The molecule has 0 aliphatic carbocycles. The molecule has 0 atom stereocenters. The molecule has 0 spiro atoms. The highest BCUT2D eigenvalue weighted by Gasteiger charge is 2.01. The quantitative estimate of drug-likeness (QED) is 0.583. The fourth-order valence-corrected chi connectivity index (χ4v) is 1.54. The maximum Gasteiger partial charge on any atom is 0.149 e. The Bertz CT molecular complexity index is 199.